The number of ether oxygens (including phenoxy) is 2. The summed E-state index contributed by atoms with van der Waals surface area (Å²) < 4.78 is 18.6. The summed E-state index contributed by atoms with van der Waals surface area (Å²) in [5, 5.41) is 11.2. The Kier molecular flexibility index (Phi) is 7.78. The molecule has 0 spiro atoms. The van der Waals surface area contributed by atoms with Crippen LogP contribution in [0.3, 0.4) is 0 Å². The van der Waals surface area contributed by atoms with Crippen LogP contribution in [-0.4, -0.2) is 29.2 Å². The van der Waals surface area contributed by atoms with Crippen LogP contribution in [0.25, 0.3) is 23.1 Å². The van der Waals surface area contributed by atoms with E-state index in [2.05, 4.69) is 0 Å². The van der Waals surface area contributed by atoms with Crippen LogP contribution in [0.4, 0.5) is 5.69 Å². The van der Waals surface area contributed by atoms with Crippen LogP contribution >= 0.6 is 11.3 Å². The number of hydrogen-bond acceptors (Lipinski definition) is 9. The number of methoxy groups -OCH3 is 1. The fourth-order valence-electron chi connectivity index (χ4n) is 5.03. The highest BCUT2D eigenvalue weighted by Gasteiger charge is 2.35. The molecule has 6 rings (SSSR count). The molecule has 1 aliphatic rings. The predicted molar refractivity (Wildman–Crippen MR) is 165 cm³/mol. The largest absolute Gasteiger partial charge is 0.497 e. The van der Waals surface area contributed by atoms with E-state index in [1.807, 2.05) is 42.5 Å². The van der Waals surface area contributed by atoms with Gasteiger partial charge in [0.05, 0.1) is 40.5 Å². The van der Waals surface area contributed by atoms with Crippen molar-refractivity contribution in [1.82, 2.24) is 4.57 Å². The van der Waals surface area contributed by atoms with Crippen molar-refractivity contribution in [1.29, 1.82) is 0 Å². The van der Waals surface area contributed by atoms with E-state index in [1.165, 1.54) is 28.0 Å². The second-order valence-electron chi connectivity index (χ2n) is 9.71. The molecule has 0 radical (unpaired) electrons. The van der Waals surface area contributed by atoms with Crippen molar-refractivity contribution in [3.63, 3.8) is 0 Å². The van der Waals surface area contributed by atoms with Gasteiger partial charge < -0.3 is 13.9 Å². The average molecular weight is 608 g/mol. The fraction of sp³-hybridized carbons (Fsp3) is 0.121. The maximum atomic E-state index is 14.1. The van der Waals surface area contributed by atoms with Gasteiger partial charge in [-0.1, -0.05) is 65.9 Å². The first-order valence-electron chi connectivity index (χ1n) is 13.6. The van der Waals surface area contributed by atoms with Crippen LogP contribution in [0, 0.1) is 10.1 Å². The minimum absolute atomic E-state index is 0.0566. The predicted octanol–water partition coefficient (Wildman–Crippen LogP) is 5.11. The molecule has 1 atom stereocenters. The molecule has 10 nitrogen and oxygen atoms in total. The molecule has 1 aliphatic heterocycles. The number of fused-ring (bicyclic) bond motifs is 1. The number of thiazole rings is 1. The Bertz CT molecular complexity index is 2090. The van der Waals surface area contributed by atoms with Gasteiger partial charge in [-0.15, -0.1) is 0 Å². The molecule has 11 heteroatoms. The molecule has 2 aromatic heterocycles. The minimum Gasteiger partial charge on any atom is -0.497 e. The first kappa shape index (κ1) is 28.6. The third-order valence-corrected chi connectivity index (χ3v) is 8.03. The highest BCUT2D eigenvalue weighted by atomic mass is 32.1. The van der Waals surface area contributed by atoms with Crippen molar-refractivity contribution in [2.75, 3.05) is 13.7 Å². The van der Waals surface area contributed by atoms with Crippen molar-refractivity contribution < 1.29 is 23.6 Å². The van der Waals surface area contributed by atoms with Gasteiger partial charge in [0.1, 0.15) is 17.3 Å². The highest BCUT2D eigenvalue weighted by Crippen LogP contribution is 2.35. The van der Waals surface area contributed by atoms with Crippen LogP contribution in [0.15, 0.2) is 111 Å². The number of benzene rings is 3. The van der Waals surface area contributed by atoms with Gasteiger partial charge in [-0.2, -0.15) is 0 Å². The lowest BCUT2D eigenvalue weighted by atomic mass is 9.93. The molecule has 44 heavy (non-hydrogen) atoms. The van der Waals surface area contributed by atoms with E-state index < -0.39 is 16.9 Å². The van der Waals surface area contributed by atoms with Gasteiger partial charge in [-0.25, -0.2) is 9.79 Å². The molecule has 3 heterocycles. The van der Waals surface area contributed by atoms with Gasteiger partial charge in [0.2, 0.25) is 0 Å². The fourth-order valence-corrected chi connectivity index (χ4v) is 6.01. The van der Waals surface area contributed by atoms with Crippen molar-refractivity contribution in [2.45, 2.75) is 13.0 Å². The maximum absolute atomic E-state index is 14.1. The van der Waals surface area contributed by atoms with Crippen LogP contribution in [-0.2, 0) is 9.53 Å². The van der Waals surface area contributed by atoms with E-state index in [0.717, 1.165) is 0 Å². The Morgan fingerprint density at radius 2 is 1.80 bits per heavy atom. The summed E-state index contributed by atoms with van der Waals surface area (Å²) in [6, 6.07) is 25.1. The van der Waals surface area contributed by atoms with Crippen molar-refractivity contribution >= 4 is 34.8 Å². The van der Waals surface area contributed by atoms with Gasteiger partial charge >= 0.3 is 5.97 Å². The smallest absolute Gasteiger partial charge is 0.338 e. The zero-order chi connectivity index (χ0) is 30.8. The number of esters is 1. The summed E-state index contributed by atoms with van der Waals surface area (Å²) in [4.78, 5) is 43.6. The molecule has 0 saturated heterocycles. The summed E-state index contributed by atoms with van der Waals surface area (Å²) in [7, 11) is 1.56. The number of carbonyl (C=O) groups excluding carboxylic acids is 1. The Morgan fingerprint density at radius 1 is 1.05 bits per heavy atom. The average Bonchev–Trinajstić information content (AvgIpc) is 3.65. The number of aromatic nitrogens is 1. The lowest BCUT2D eigenvalue weighted by Crippen LogP contribution is -2.40. The summed E-state index contributed by atoms with van der Waals surface area (Å²) in [5.41, 5.74) is 2.16. The summed E-state index contributed by atoms with van der Waals surface area (Å²) >= 11 is 1.17. The van der Waals surface area contributed by atoms with Gasteiger partial charge in [-0.3, -0.25) is 19.5 Å². The Balaban J connectivity index is 1.53. The number of nitro groups is 1. The number of non-ortho nitro benzene ring substituents is 1. The second kappa shape index (κ2) is 12.0. The molecule has 0 bridgehead atoms. The first-order chi connectivity index (χ1) is 21.4. The van der Waals surface area contributed by atoms with Crippen molar-refractivity contribution in [3.8, 4) is 17.1 Å². The number of rotatable bonds is 8. The minimum atomic E-state index is -0.828. The molecule has 0 unspecified atom stereocenters. The van der Waals surface area contributed by atoms with Gasteiger partial charge in [0.15, 0.2) is 4.80 Å². The van der Waals surface area contributed by atoms with E-state index in [4.69, 9.17) is 18.9 Å². The molecule has 0 saturated carbocycles. The van der Waals surface area contributed by atoms with Crippen LogP contribution in [0.2, 0.25) is 0 Å². The van der Waals surface area contributed by atoms with E-state index in [9.17, 15) is 19.7 Å². The molecule has 0 amide bonds. The van der Waals surface area contributed by atoms with Crippen LogP contribution in [0.1, 0.15) is 29.9 Å². The standard InChI is InChI=1S/C33H25N3O7S/c1-3-42-32(38)28-29(20-8-5-4-6-9-20)34-33-35(30(28)21-12-14-24(41-2)15-13-21)31(37)27(44-33)19-25-16-17-26(43-25)22-10-7-11-23(18-22)36(39)40/h4-19,30H,3H2,1-2H3/b27-19-/t30-/m1/s1. The normalized spacial score (nSPS) is 14.6. The maximum Gasteiger partial charge on any atom is 0.338 e. The third kappa shape index (κ3) is 5.36. The van der Waals surface area contributed by atoms with Crippen LogP contribution < -0.4 is 19.6 Å². The lowest BCUT2D eigenvalue weighted by molar-refractivity contribution is -0.384. The number of nitro benzene ring substituents is 1. The van der Waals surface area contributed by atoms with E-state index in [0.29, 0.717) is 49.0 Å². The molecule has 220 valence electrons. The zero-order valence-electron chi connectivity index (χ0n) is 23.6. The molecule has 0 N–H and O–H groups in total. The molecule has 0 aliphatic carbocycles. The van der Waals surface area contributed by atoms with E-state index >= 15 is 0 Å². The zero-order valence-corrected chi connectivity index (χ0v) is 24.4. The first-order valence-corrected chi connectivity index (χ1v) is 14.5. The molecule has 0 fully saturated rings. The topological polar surface area (TPSA) is 126 Å². The van der Waals surface area contributed by atoms with Crippen molar-refractivity contribution in [2.24, 2.45) is 4.99 Å². The van der Waals surface area contributed by atoms with E-state index in [1.54, 1.807) is 56.5 Å². The summed E-state index contributed by atoms with van der Waals surface area (Å²) in [5.74, 6) is 0.853. The van der Waals surface area contributed by atoms with Gasteiger partial charge in [0.25, 0.3) is 11.2 Å². The monoisotopic (exact) mass is 607 g/mol. The number of furan rings is 1. The summed E-state index contributed by atoms with van der Waals surface area (Å²) in [6.45, 7) is 1.87. The van der Waals surface area contributed by atoms with E-state index in [-0.39, 0.29) is 23.4 Å². The van der Waals surface area contributed by atoms with Gasteiger partial charge in [0, 0.05) is 29.3 Å². The third-order valence-electron chi connectivity index (χ3n) is 7.05. The number of carbonyl (C=O) groups is 1. The Morgan fingerprint density at radius 3 is 2.50 bits per heavy atom. The Labute approximate surface area is 254 Å². The summed E-state index contributed by atoms with van der Waals surface area (Å²) in [6.07, 6.45) is 1.60. The number of hydrogen-bond donors (Lipinski definition) is 0. The highest BCUT2D eigenvalue weighted by molar-refractivity contribution is 7.07. The second-order valence-corrected chi connectivity index (χ2v) is 10.7. The van der Waals surface area contributed by atoms with Gasteiger partial charge in [-0.05, 0) is 36.8 Å². The lowest BCUT2D eigenvalue weighted by Gasteiger charge is -2.26. The quantitative estimate of drug-likeness (QED) is 0.136. The molecular weight excluding hydrogens is 582 g/mol. The Hall–Kier alpha value is -5.55. The SMILES string of the molecule is CCOC(=O)C1=C(c2ccccc2)N=c2s/c(=C\c3ccc(-c4cccc([N+](=O)[O-])c4)o3)c(=O)n2[C@@H]1c1ccc(OC)cc1. The van der Waals surface area contributed by atoms with Crippen LogP contribution in [0.5, 0.6) is 5.75 Å². The molecule has 3 aromatic carbocycles. The number of nitrogens with zero attached hydrogens (tertiary/aromatic N) is 3. The molecular formula is C33H25N3O7S. The molecule has 5 aromatic rings. The van der Waals surface area contributed by atoms with Crippen molar-refractivity contribution in [3.05, 3.63) is 143 Å².